The van der Waals surface area contributed by atoms with Gasteiger partial charge in [-0.2, -0.15) is 4.37 Å². The minimum atomic E-state index is -0.596. The van der Waals surface area contributed by atoms with Gasteiger partial charge in [0.15, 0.2) is 0 Å². The van der Waals surface area contributed by atoms with E-state index in [2.05, 4.69) is 4.37 Å². The first kappa shape index (κ1) is 9.37. The average Bonchev–Trinajstić information content (AvgIpc) is 2.69. The molecule has 2 nitrogen and oxygen atoms in total. The lowest BCUT2D eigenvalue weighted by atomic mass is 10.0. The van der Waals surface area contributed by atoms with Crippen LogP contribution in [0.3, 0.4) is 0 Å². The van der Waals surface area contributed by atoms with E-state index in [1.807, 2.05) is 42.6 Å². The summed E-state index contributed by atoms with van der Waals surface area (Å²) in [6, 6.07) is 9.69. The summed E-state index contributed by atoms with van der Waals surface area (Å²) < 4.78 is 4.11. The van der Waals surface area contributed by atoms with E-state index < -0.39 is 6.10 Å². The Morgan fingerprint density at radius 3 is 2.86 bits per heavy atom. The zero-order chi connectivity index (χ0) is 9.97. The molecule has 0 fully saturated rings. The molecule has 2 rings (SSSR count). The highest BCUT2D eigenvalue weighted by atomic mass is 32.1. The van der Waals surface area contributed by atoms with Crippen molar-refractivity contribution in [3.05, 3.63) is 52.5 Å². The highest BCUT2D eigenvalue weighted by Gasteiger charge is 2.11. The fourth-order valence-electron chi connectivity index (χ4n) is 1.37. The van der Waals surface area contributed by atoms with Crippen LogP contribution in [0.1, 0.15) is 22.9 Å². The Morgan fingerprint density at radius 2 is 2.21 bits per heavy atom. The van der Waals surface area contributed by atoms with Crippen molar-refractivity contribution in [3.63, 3.8) is 0 Å². The van der Waals surface area contributed by atoms with Crippen LogP contribution in [0.15, 0.2) is 35.7 Å². The summed E-state index contributed by atoms with van der Waals surface area (Å²) in [5, 5.41) is 11.8. The van der Waals surface area contributed by atoms with Crippen molar-refractivity contribution < 1.29 is 5.11 Å². The molecule has 0 aliphatic heterocycles. The summed E-state index contributed by atoms with van der Waals surface area (Å²) in [7, 11) is 0. The van der Waals surface area contributed by atoms with Crippen LogP contribution in [-0.4, -0.2) is 9.48 Å². The molecule has 0 aliphatic carbocycles. The van der Waals surface area contributed by atoms with Crippen molar-refractivity contribution in [3.8, 4) is 0 Å². The molecule has 0 saturated heterocycles. The molecule has 1 unspecified atom stereocenters. The van der Waals surface area contributed by atoms with Crippen molar-refractivity contribution in [1.29, 1.82) is 0 Å². The molecule has 1 atom stereocenters. The third-order valence-corrected chi connectivity index (χ3v) is 2.67. The number of nitrogens with zero attached hydrogens (tertiary/aromatic N) is 1. The summed E-state index contributed by atoms with van der Waals surface area (Å²) in [5.74, 6) is 0. The number of aromatic nitrogens is 1. The van der Waals surface area contributed by atoms with E-state index in [1.165, 1.54) is 11.5 Å². The number of hydrogen-bond donors (Lipinski definition) is 1. The van der Waals surface area contributed by atoms with Gasteiger partial charge in [0.1, 0.15) is 6.10 Å². The predicted molar refractivity (Wildman–Crippen MR) is 57.4 cm³/mol. The quantitative estimate of drug-likeness (QED) is 0.817. The molecule has 1 aromatic heterocycles. The molecule has 0 amide bonds. The van der Waals surface area contributed by atoms with Crippen LogP contribution in [0.25, 0.3) is 0 Å². The molecule has 1 N–H and O–H groups in total. The minimum absolute atomic E-state index is 0.596. The van der Waals surface area contributed by atoms with Gasteiger partial charge in [-0.1, -0.05) is 29.8 Å². The van der Waals surface area contributed by atoms with E-state index in [0.29, 0.717) is 0 Å². The van der Waals surface area contributed by atoms with Gasteiger partial charge in [0, 0.05) is 5.38 Å². The first-order chi connectivity index (χ1) is 6.77. The Bertz CT molecular complexity index is 411. The third-order valence-electron chi connectivity index (χ3n) is 2.10. The number of aryl methyl sites for hydroxylation is 1. The van der Waals surface area contributed by atoms with Crippen LogP contribution in [0.4, 0.5) is 0 Å². The normalized spacial score (nSPS) is 12.7. The molecule has 3 heteroatoms. The third kappa shape index (κ3) is 1.84. The Morgan fingerprint density at radius 1 is 1.36 bits per heavy atom. The fourth-order valence-corrected chi connectivity index (χ4v) is 1.92. The maximum atomic E-state index is 9.95. The topological polar surface area (TPSA) is 33.1 Å². The van der Waals surface area contributed by atoms with Crippen LogP contribution in [0.5, 0.6) is 0 Å². The number of benzene rings is 1. The standard InChI is InChI=1S/C11H11NOS/c1-8-3-2-4-9(7-8)11(13)10-5-6-14-12-10/h2-7,11,13H,1H3. The zero-order valence-corrected chi connectivity index (χ0v) is 8.66. The lowest BCUT2D eigenvalue weighted by Gasteiger charge is -2.08. The van der Waals surface area contributed by atoms with Gasteiger partial charge in [0.05, 0.1) is 5.69 Å². The lowest BCUT2D eigenvalue weighted by molar-refractivity contribution is 0.216. The molecule has 0 radical (unpaired) electrons. The highest BCUT2D eigenvalue weighted by Crippen LogP contribution is 2.21. The molecule has 14 heavy (non-hydrogen) atoms. The van der Waals surface area contributed by atoms with E-state index >= 15 is 0 Å². The van der Waals surface area contributed by atoms with Crippen molar-refractivity contribution in [1.82, 2.24) is 4.37 Å². The van der Waals surface area contributed by atoms with Gasteiger partial charge >= 0.3 is 0 Å². The van der Waals surface area contributed by atoms with Gasteiger partial charge in [-0.15, -0.1) is 0 Å². The van der Waals surface area contributed by atoms with Gasteiger partial charge in [0.2, 0.25) is 0 Å². The largest absolute Gasteiger partial charge is 0.382 e. The summed E-state index contributed by atoms with van der Waals surface area (Å²) in [6.07, 6.45) is -0.596. The van der Waals surface area contributed by atoms with Crippen molar-refractivity contribution in [2.45, 2.75) is 13.0 Å². The Balaban J connectivity index is 2.32. The minimum Gasteiger partial charge on any atom is -0.382 e. The number of aliphatic hydroxyl groups excluding tert-OH is 1. The van der Waals surface area contributed by atoms with E-state index in [1.54, 1.807) is 0 Å². The van der Waals surface area contributed by atoms with Crippen molar-refractivity contribution in [2.24, 2.45) is 0 Å². The average molecular weight is 205 g/mol. The monoisotopic (exact) mass is 205 g/mol. The second-order valence-corrected chi connectivity index (χ2v) is 3.91. The van der Waals surface area contributed by atoms with Gasteiger partial charge in [-0.3, -0.25) is 0 Å². The second kappa shape index (κ2) is 3.90. The van der Waals surface area contributed by atoms with Gasteiger partial charge in [-0.05, 0) is 30.1 Å². The smallest absolute Gasteiger partial charge is 0.122 e. The van der Waals surface area contributed by atoms with Crippen LogP contribution in [0.2, 0.25) is 0 Å². The summed E-state index contributed by atoms with van der Waals surface area (Å²) in [5.41, 5.74) is 2.77. The predicted octanol–water partition coefficient (Wildman–Crippen LogP) is 2.53. The summed E-state index contributed by atoms with van der Waals surface area (Å²) in [6.45, 7) is 2.01. The maximum absolute atomic E-state index is 9.95. The zero-order valence-electron chi connectivity index (χ0n) is 7.84. The molecule has 72 valence electrons. The highest BCUT2D eigenvalue weighted by molar-refractivity contribution is 7.03. The van der Waals surface area contributed by atoms with E-state index in [4.69, 9.17) is 0 Å². The van der Waals surface area contributed by atoms with Crippen LogP contribution in [0, 0.1) is 6.92 Å². The van der Waals surface area contributed by atoms with E-state index in [-0.39, 0.29) is 0 Å². The molecule has 0 aliphatic rings. The Kier molecular flexibility index (Phi) is 2.61. The maximum Gasteiger partial charge on any atom is 0.122 e. The molecule has 0 bridgehead atoms. The molecular formula is C11H11NOS. The molecule has 0 spiro atoms. The van der Waals surface area contributed by atoms with Crippen molar-refractivity contribution in [2.75, 3.05) is 0 Å². The Hall–Kier alpha value is -1.19. The van der Waals surface area contributed by atoms with Gasteiger partial charge in [-0.25, -0.2) is 0 Å². The first-order valence-electron chi connectivity index (χ1n) is 4.42. The Labute approximate surface area is 87.0 Å². The van der Waals surface area contributed by atoms with Crippen LogP contribution >= 0.6 is 11.5 Å². The molecule has 1 aromatic carbocycles. The SMILES string of the molecule is Cc1cccc(C(O)c2ccsn2)c1. The molecule has 2 aromatic rings. The van der Waals surface area contributed by atoms with Crippen molar-refractivity contribution >= 4 is 11.5 Å². The molecule has 1 heterocycles. The van der Waals surface area contributed by atoms with Gasteiger partial charge in [0.25, 0.3) is 0 Å². The lowest BCUT2D eigenvalue weighted by Crippen LogP contribution is -1.99. The molecular weight excluding hydrogens is 194 g/mol. The van der Waals surface area contributed by atoms with Crippen LogP contribution in [-0.2, 0) is 0 Å². The summed E-state index contributed by atoms with van der Waals surface area (Å²) in [4.78, 5) is 0. The second-order valence-electron chi connectivity index (χ2n) is 3.24. The fraction of sp³-hybridized carbons (Fsp3) is 0.182. The number of aliphatic hydroxyl groups is 1. The van der Waals surface area contributed by atoms with E-state index in [9.17, 15) is 5.11 Å². The number of hydrogen-bond acceptors (Lipinski definition) is 3. The van der Waals surface area contributed by atoms with Gasteiger partial charge < -0.3 is 5.11 Å². The van der Waals surface area contributed by atoms with Crippen LogP contribution < -0.4 is 0 Å². The number of rotatable bonds is 2. The molecule has 0 saturated carbocycles. The first-order valence-corrected chi connectivity index (χ1v) is 5.26. The summed E-state index contributed by atoms with van der Waals surface area (Å²) >= 11 is 1.36. The van der Waals surface area contributed by atoms with E-state index in [0.717, 1.165) is 16.8 Å².